The van der Waals surface area contributed by atoms with Gasteiger partial charge in [-0.2, -0.15) is 0 Å². The van der Waals surface area contributed by atoms with E-state index in [0.717, 1.165) is 42.3 Å². The molecule has 1 spiro atoms. The first-order valence-corrected chi connectivity index (χ1v) is 9.87. The maximum atomic E-state index is 13.1. The van der Waals surface area contributed by atoms with Crippen LogP contribution in [-0.4, -0.2) is 23.0 Å². The Morgan fingerprint density at radius 3 is 2.29 bits per heavy atom. The molecule has 24 heavy (non-hydrogen) atoms. The Bertz CT molecular complexity index is 628. The van der Waals surface area contributed by atoms with E-state index in [0.29, 0.717) is 5.02 Å². The summed E-state index contributed by atoms with van der Waals surface area (Å²) in [4.78, 5) is 15.3. The third-order valence-electron chi connectivity index (χ3n) is 7.35. The van der Waals surface area contributed by atoms with Crippen LogP contribution in [0.25, 0.3) is 0 Å². The molecule has 0 aromatic heterocycles. The molecule has 3 nitrogen and oxygen atoms in total. The number of urea groups is 1. The zero-order valence-corrected chi connectivity index (χ0v) is 14.8. The molecule has 0 atom stereocenters. The predicted octanol–water partition coefficient (Wildman–Crippen LogP) is 5.16. The number of carbonyl (C=O) groups is 1. The van der Waals surface area contributed by atoms with Crippen LogP contribution in [0.4, 0.5) is 10.5 Å². The van der Waals surface area contributed by atoms with Gasteiger partial charge in [0.1, 0.15) is 0 Å². The lowest BCUT2D eigenvalue weighted by Crippen LogP contribution is -2.65. The van der Waals surface area contributed by atoms with Crippen molar-refractivity contribution in [2.75, 3.05) is 11.9 Å². The second kappa shape index (κ2) is 5.39. The minimum absolute atomic E-state index is 0.0993. The van der Waals surface area contributed by atoms with Crippen molar-refractivity contribution in [2.24, 2.45) is 23.7 Å². The molecule has 1 N–H and O–H groups in total. The molecule has 5 fully saturated rings. The van der Waals surface area contributed by atoms with Crippen LogP contribution in [0.3, 0.4) is 0 Å². The van der Waals surface area contributed by atoms with Gasteiger partial charge in [0.2, 0.25) is 0 Å². The number of anilines is 1. The van der Waals surface area contributed by atoms with E-state index in [4.69, 9.17) is 11.6 Å². The maximum absolute atomic E-state index is 13.1. The summed E-state index contributed by atoms with van der Waals surface area (Å²) in [5, 5.41) is 3.82. The highest BCUT2D eigenvalue weighted by atomic mass is 35.5. The summed E-state index contributed by atoms with van der Waals surface area (Å²) in [5.41, 5.74) is 1.000. The van der Waals surface area contributed by atoms with Crippen LogP contribution in [0.15, 0.2) is 24.3 Å². The van der Waals surface area contributed by atoms with Crippen LogP contribution >= 0.6 is 11.6 Å². The first-order valence-electron chi connectivity index (χ1n) is 9.49. The molecule has 1 heterocycles. The van der Waals surface area contributed by atoms with Gasteiger partial charge in [0.15, 0.2) is 0 Å². The van der Waals surface area contributed by atoms with E-state index in [1.807, 2.05) is 24.3 Å². The zero-order chi connectivity index (χ0) is 16.3. The van der Waals surface area contributed by atoms with Crippen molar-refractivity contribution in [3.05, 3.63) is 29.3 Å². The van der Waals surface area contributed by atoms with E-state index in [2.05, 4.69) is 10.2 Å². The Labute approximate surface area is 148 Å². The van der Waals surface area contributed by atoms with Crippen LogP contribution in [0.2, 0.25) is 5.02 Å². The minimum Gasteiger partial charge on any atom is -0.318 e. The van der Waals surface area contributed by atoms with Gasteiger partial charge in [-0.25, -0.2) is 4.79 Å². The smallest absolute Gasteiger partial charge is 0.318 e. The number of amides is 2. The SMILES string of the molecule is O=C(Nc1ccc(Cl)cc1)N1CCCC12C1CC3CC(C1)CC2C3. The molecule has 1 saturated heterocycles. The van der Waals surface area contributed by atoms with Crippen molar-refractivity contribution < 1.29 is 4.79 Å². The van der Waals surface area contributed by atoms with E-state index in [1.165, 1.54) is 38.5 Å². The van der Waals surface area contributed by atoms with E-state index < -0.39 is 0 Å². The molecule has 0 unspecified atom stereocenters. The number of hydrogen-bond acceptors (Lipinski definition) is 1. The zero-order valence-electron chi connectivity index (χ0n) is 14.0. The van der Waals surface area contributed by atoms with Gasteiger partial charge in [-0.1, -0.05) is 11.6 Å². The number of benzene rings is 1. The number of nitrogens with one attached hydrogen (secondary N) is 1. The monoisotopic (exact) mass is 344 g/mol. The summed E-state index contributed by atoms with van der Waals surface area (Å²) in [5.74, 6) is 3.37. The molecule has 5 aliphatic rings. The first-order chi connectivity index (χ1) is 11.6. The van der Waals surface area contributed by atoms with Crippen molar-refractivity contribution in [3.63, 3.8) is 0 Å². The van der Waals surface area contributed by atoms with Gasteiger partial charge in [0.05, 0.1) is 5.54 Å². The second-order valence-corrected chi connectivity index (χ2v) is 8.92. The molecule has 1 aromatic rings. The van der Waals surface area contributed by atoms with Gasteiger partial charge < -0.3 is 10.2 Å². The molecule has 1 aromatic carbocycles. The van der Waals surface area contributed by atoms with Crippen LogP contribution in [0.5, 0.6) is 0 Å². The van der Waals surface area contributed by atoms with Crippen molar-refractivity contribution in [1.29, 1.82) is 0 Å². The molecule has 4 saturated carbocycles. The summed E-state index contributed by atoms with van der Waals surface area (Å²) in [7, 11) is 0. The third kappa shape index (κ3) is 2.13. The van der Waals surface area contributed by atoms with Gasteiger partial charge in [0, 0.05) is 17.3 Å². The summed E-state index contributed by atoms with van der Waals surface area (Å²) in [6, 6.07) is 7.54. The molecule has 6 rings (SSSR count). The Balaban J connectivity index is 1.41. The molecule has 128 valence electrons. The van der Waals surface area contributed by atoms with Crippen LogP contribution < -0.4 is 5.32 Å². The van der Waals surface area contributed by atoms with Crippen LogP contribution in [0.1, 0.15) is 44.9 Å². The predicted molar refractivity (Wildman–Crippen MR) is 96.2 cm³/mol. The number of halogens is 1. The molecular weight excluding hydrogens is 320 g/mol. The Hall–Kier alpha value is -1.22. The fourth-order valence-corrected chi connectivity index (χ4v) is 6.85. The molecule has 4 heteroatoms. The fourth-order valence-electron chi connectivity index (χ4n) is 6.73. The lowest BCUT2D eigenvalue weighted by molar-refractivity contribution is -0.103. The average molecular weight is 345 g/mol. The molecule has 1 aliphatic heterocycles. The molecule has 4 aliphatic carbocycles. The minimum atomic E-state index is 0.0993. The Morgan fingerprint density at radius 1 is 1.04 bits per heavy atom. The van der Waals surface area contributed by atoms with E-state index in [1.54, 1.807) is 0 Å². The first kappa shape index (κ1) is 15.1. The molecule has 0 radical (unpaired) electrons. The lowest BCUT2D eigenvalue weighted by Gasteiger charge is -2.62. The Morgan fingerprint density at radius 2 is 1.67 bits per heavy atom. The topological polar surface area (TPSA) is 32.3 Å². The van der Waals surface area contributed by atoms with E-state index >= 15 is 0 Å². The van der Waals surface area contributed by atoms with Gasteiger partial charge in [0.25, 0.3) is 0 Å². The highest BCUT2D eigenvalue weighted by Gasteiger charge is 2.61. The average Bonchev–Trinajstić information content (AvgIpc) is 3.00. The number of hydrogen-bond donors (Lipinski definition) is 1. The highest BCUT2D eigenvalue weighted by Crippen LogP contribution is 2.62. The Kier molecular flexibility index (Phi) is 3.38. The van der Waals surface area contributed by atoms with Crippen molar-refractivity contribution in [3.8, 4) is 0 Å². The number of nitrogens with zero attached hydrogens (tertiary/aromatic N) is 1. The standard InChI is InChI=1S/C20H25ClN2O/c21-17-2-4-18(5-3-17)22-19(24)23-7-1-6-20(23)15-9-13-8-14(11-15)12-16(20)10-13/h2-5,13-16H,1,6-12H2,(H,22,24). The highest BCUT2D eigenvalue weighted by molar-refractivity contribution is 6.30. The summed E-state index contributed by atoms with van der Waals surface area (Å²) < 4.78 is 0. The number of carbonyl (C=O) groups excluding carboxylic acids is 1. The van der Waals surface area contributed by atoms with Gasteiger partial charge in [-0.15, -0.1) is 0 Å². The summed E-state index contributed by atoms with van der Waals surface area (Å²) in [6.45, 7) is 0.918. The van der Waals surface area contributed by atoms with Crippen LogP contribution in [0, 0.1) is 23.7 Å². The number of likely N-dealkylation sites (tertiary alicyclic amines) is 1. The molecule has 4 bridgehead atoms. The molecule has 2 amide bonds. The summed E-state index contributed by atoms with van der Waals surface area (Å²) in [6.07, 6.45) is 9.27. The van der Waals surface area contributed by atoms with Gasteiger partial charge in [-0.05, 0) is 92.9 Å². The van der Waals surface area contributed by atoms with E-state index in [9.17, 15) is 4.79 Å². The third-order valence-corrected chi connectivity index (χ3v) is 7.61. The normalized spacial score (nSPS) is 39.6. The summed E-state index contributed by atoms with van der Waals surface area (Å²) >= 11 is 5.95. The maximum Gasteiger partial charge on any atom is 0.322 e. The van der Waals surface area contributed by atoms with Crippen molar-refractivity contribution in [2.45, 2.75) is 50.5 Å². The lowest BCUT2D eigenvalue weighted by atomic mass is 9.48. The number of rotatable bonds is 1. The van der Waals surface area contributed by atoms with Crippen molar-refractivity contribution >= 4 is 23.3 Å². The molecular formula is C20H25ClN2O. The van der Waals surface area contributed by atoms with Gasteiger partial charge >= 0.3 is 6.03 Å². The van der Waals surface area contributed by atoms with Crippen LogP contribution in [-0.2, 0) is 0 Å². The second-order valence-electron chi connectivity index (χ2n) is 8.49. The largest absolute Gasteiger partial charge is 0.322 e. The van der Waals surface area contributed by atoms with E-state index in [-0.39, 0.29) is 11.6 Å². The quantitative estimate of drug-likeness (QED) is 0.749. The van der Waals surface area contributed by atoms with Gasteiger partial charge in [-0.3, -0.25) is 0 Å². The fraction of sp³-hybridized carbons (Fsp3) is 0.650. The van der Waals surface area contributed by atoms with Crippen molar-refractivity contribution in [1.82, 2.24) is 4.90 Å².